The fourth-order valence-corrected chi connectivity index (χ4v) is 2.15. The molecule has 86 valence electrons. The molecule has 1 unspecified atom stereocenters. The maximum Gasteiger partial charge on any atom is 0.0798 e. The molecule has 0 radical (unpaired) electrons. The zero-order chi connectivity index (χ0) is 11.6. The van der Waals surface area contributed by atoms with E-state index in [0.717, 1.165) is 15.9 Å². The molecule has 0 amide bonds. The molecule has 0 aliphatic rings. The van der Waals surface area contributed by atoms with Crippen LogP contribution in [0.15, 0.2) is 4.47 Å². The topological polar surface area (TPSA) is 50.1 Å². The molecule has 1 rings (SSSR count). The lowest BCUT2D eigenvalue weighted by Gasteiger charge is -2.23. The van der Waals surface area contributed by atoms with Gasteiger partial charge in [-0.2, -0.15) is 5.10 Å². The molecule has 0 saturated carbocycles. The van der Waals surface area contributed by atoms with Crippen LogP contribution >= 0.6 is 15.9 Å². The van der Waals surface area contributed by atoms with Gasteiger partial charge in [-0.3, -0.25) is 4.68 Å². The molecule has 0 spiro atoms. The Kier molecular flexibility index (Phi) is 3.92. The molecule has 2 N–H and O–H groups in total. The Morgan fingerprint density at radius 1 is 1.60 bits per heavy atom. The Morgan fingerprint density at radius 2 is 2.20 bits per heavy atom. The van der Waals surface area contributed by atoms with Gasteiger partial charge in [0, 0.05) is 20.0 Å². The number of likely N-dealkylation sites (N-methyl/N-ethyl adjacent to an activating group) is 1. The van der Waals surface area contributed by atoms with Crippen molar-refractivity contribution in [2.75, 3.05) is 13.6 Å². The minimum Gasteiger partial charge on any atom is -0.388 e. The Hall–Kier alpha value is -0.390. The van der Waals surface area contributed by atoms with E-state index in [2.05, 4.69) is 26.3 Å². The zero-order valence-corrected chi connectivity index (χ0v) is 11.2. The number of hydrogen-bond donors (Lipinski definition) is 2. The Morgan fingerprint density at radius 3 is 2.60 bits per heavy atom. The van der Waals surface area contributed by atoms with Crippen molar-refractivity contribution in [3.05, 3.63) is 15.9 Å². The number of halogens is 1. The van der Waals surface area contributed by atoms with Crippen LogP contribution in [-0.4, -0.2) is 34.1 Å². The SMILES string of the molecule is CNCC(C)(O)Cc1c(Br)c(C)nn1C. The molecule has 1 heterocycles. The van der Waals surface area contributed by atoms with Gasteiger partial charge < -0.3 is 10.4 Å². The minimum atomic E-state index is -0.752. The molecular weight excluding hydrogens is 258 g/mol. The molecule has 15 heavy (non-hydrogen) atoms. The van der Waals surface area contributed by atoms with Gasteiger partial charge in [-0.05, 0) is 36.8 Å². The Labute approximate surface area is 98.8 Å². The molecule has 1 atom stereocenters. The third kappa shape index (κ3) is 3.03. The molecule has 5 heteroatoms. The highest BCUT2D eigenvalue weighted by Crippen LogP contribution is 2.24. The molecular formula is C10H18BrN3O. The lowest BCUT2D eigenvalue weighted by atomic mass is 10.00. The largest absolute Gasteiger partial charge is 0.388 e. The van der Waals surface area contributed by atoms with Crippen LogP contribution in [0.1, 0.15) is 18.3 Å². The highest BCUT2D eigenvalue weighted by Gasteiger charge is 2.24. The van der Waals surface area contributed by atoms with Crippen molar-refractivity contribution in [2.45, 2.75) is 25.9 Å². The maximum atomic E-state index is 10.1. The molecule has 0 bridgehead atoms. The van der Waals surface area contributed by atoms with Crippen molar-refractivity contribution in [3.63, 3.8) is 0 Å². The van der Waals surface area contributed by atoms with E-state index in [1.807, 2.05) is 32.6 Å². The third-order valence-electron chi connectivity index (χ3n) is 2.37. The van der Waals surface area contributed by atoms with E-state index in [-0.39, 0.29) is 0 Å². The first kappa shape index (κ1) is 12.7. The molecule has 0 aliphatic heterocycles. The van der Waals surface area contributed by atoms with E-state index >= 15 is 0 Å². The molecule has 0 saturated heterocycles. The standard InChI is InChI=1S/C10H18BrN3O/c1-7-9(11)8(14(4)13-7)5-10(2,15)6-12-3/h12,15H,5-6H2,1-4H3. The lowest BCUT2D eigenvalue weighted by Crippen LogP contribution is -2.38. The van der Waals surface area contributed by atoms with E-state index in [4.69, 9.17) is 0 Å². The molecule has 0 fully saturated rings. The number of aliphatic hydroxyl groups is 1. The predicted octanol–water partition coefficient (Wildman–Crippen LogP) is 1.00. The first-order chi connectivity index (χ1) is 6.87. The van der Waals surface area contributed by atoms with Gasteiger partial charge in [0.25, 0.3) is 0 Å². The van der Waals surface area contributed by atoms with Crippen molar-refractivity contribution in [2.24, 2.45) is 7.05 Å². The summed E-state index contributed by atoms with van der Waals surface area (Å²) >= 11 is 3.49. The van der Waals surface area contributed by atoms with Crippen LogP contribution in [-0.2, 0) is 13.5 Å². The van der Waals surface area contributed by atoms with E-state index in [1.165, 1.54) is 0 Å². The summed E-state index contributed by atoms with van der Waals surface area (Å²) in [4.78, 5) is 0. The maximum absolute atomic E-state index is 10.1. The summed E-state index contributed by atoms with van der Waals surface area (Å²) < 4.78 is 2.80. The van der Waals surface area contributed by atoms with Crippen molar-refractivity contribution >= 4 is 15.9 Å². The molecule has 1 aromatic heterocycles. The fourth-order valence-electron chi connectivity index (χ4n) is 1.68. The van der Waals surface area contributed by atoms with Crippen LogP contribution in [0.4, 0.5) is 0 Å². The van der Waals surface area contributed by atoms with Gasteiger partial charge in [-0.15, -0.1) is 0 Å². The number of aromatic nitrogens is 2. The van der Waals surface area contributed by atoms with Gasteiger partial charge >= 0.3 is 0 Å². The zero-order valence-electron chi connectivity index (χ0n) is 9.63. The van der Waals surface area contributed by atoms with Crippen LogP contribution in [0.2, 0.25) is 0 Å². The van der Waals surface area contributed by atoms with Gasteiger partial charge in [-0.1, -0.05) is 0 Å². The highest BCUT2D eigenvalue weighted by atomic mass is 79.9. The summed E-state index contributed by atoms with van der Waals surface area (Å²) in [5.41, 5.74) is 1.22. The summed E-state index contributed by atoms with van der Waals surface area (Å²) in [5.74, 6) is 0. The molecule has 0 aliphatic carbocycles. The number of nitrogens with zero attached hydrogens (tertiary/aromatic N) is 2. The lowest BCUT2D eigenvalue weighted by molar-refractivity contribution is 0.0601. The normalized spacial score (nSPS) is 15.3. The average molecular weight is 276 g/mol. The van der Waals surface area contributed by atoms with Crippen molar-refractivity contribution in [1.29, 1.82) is 0 Å². The van der Waals surface area contributed by atoms with Crippen molar-refractivity contribution in [1.82, 2.24) is 15.1 Å². The van der Waals surface area contributed by atoms with Crippen molar-refractivity contribution in [3.8, 4) is 0 Å². The first-order valence-electron chi connectivity index (χ1n) is 4.92. The number of aryl methyl sites for hydroxylation is 2. The van der Waals surface area contributed by atoms with Crippen molar-refractivity contribution < 1.29 is 5.11 Å². The number of hydrogen-bond acceptors (Lipinski definition) is 3. The summed E-state index contributed by atoms with van der Waals surface area (Å²) in [6, 6.07) is 0. The summed E-state index contributed by atoms with van der Waals surface area (Å²) in [6.07, 6.45) is 0.575. The van der Waals surface area contributed by atoms with Crippen LogP contribution in [0.25, 0.3) is 0 Å². The van der Waals surface area contributed by atoms with Crippen LogP contribution in [0, 0.1) is 6.92 Å². The summed E-state index contributed by atoms with van der Waals surface area (Å²) in [5, 5.41) is 17.4. The van der Waals surface area contributed by atoms with Crippen LogP contribution in [0.5, 0.6) is 0 Å². The van der Waals surface area contributed by atoms with Crippen LogP contribution < -0.4 is 5.32 Å². The van der Waals surface area contributed by atoms with Gasteiger partial charge in [0.2, 0.25) is 0 Å². The predicted molar refractivity (Wildman–Crippen MR) is 63.9 cm³/mol. The Balaban J connectivity index is 2.89. The van der Waals surface area contributed by atoms with E-state index < -0.39 is 5.60 Å². The van der Waals surface area contributed by atoms with E-state index in [1.54, 1.807) is 0 Å². The van der Waals surface area contributed by atoms with Gasteiger partial charge in [0.15, 0.2) is 0 Å². The second kappa shape index (κ2) is 4.63. The van der Waals surface area contributed by atoms with Gasteiger partial charge in [0.1, 0.15) is 0 Å². The monoisotopic (exact) mass is 275 g/mol. The second-order valence-corrected chi connectivity index (χ2v) is 4.97. The van der Waals surface area contributed by atoms with Gasteiger partial charge in [-0.25, -0.2) is 0 Å². The Bertz CT molecular complexity index is 347. The van der Waals surface area contributed by atoms with Crippen LogP contribution in [0.3, 0.4) is 0 Å². The van der Waals surface area contributed by atoms with E-state index in [9.17, 15) is 5.11 Å². The second-order valence-electron chi connectivity index (χ2n) is 4.17. The highest BCUT2D eigenvalue weighted by molar-refractivity contribution is 9.10. The third-order valence-corrected chi connectivity index (χ3v) is 3.40. The smallest absolute Gasteiger partial charge is 0.0798 e. The summed E-state index contributed by atoms with van der Waals surface area (Å²) in [6.45, 7) is 4.32. The quantitative estimate of drug-likeness (QED) is 0.862. The first-order valence-corrected chi connectivity index (χ1v) is 5.71. The van der Waals surface area contributed by atoms with Gasteiger partial charge in [0.05, 0.1) is 21.5 Å². The number of nitrogens with one attached hydrogen (secondary N) is 1. The number of rotatable bonds is 4. The molecule has 0 aromatic carbocycles. The van der Waals surface area contributed by atoms with E-state index in [0.29, 0.717) is 13.0 Å². The molecule has 1 aromatic rings. The summed E-state index contributed by atoms with van der Waals surface area (Å²) in [7, 11) is 3.72. The molecule has 4 nitrogen and oxygen atoms in total. The fraction of sp³-hybridized carbons (Fsp3) is 0.700. The minimum absolute atomic E-state index is 0.559. The average Bonchev–Trinajstić information content (AvgIpc) is 2.32.